The van der Waals surface area contributed by atoms with E-state index in [-0.39, 0.29) is 0 Å². The number of hydrogen-bond donors (Lipinski definition) is 0. The van der Waals surface area contributed by atoms with Crippen LogP contribution in [0.2, 0.25) is 0 Å². The fourth-order valence-corrected chi connectivity index (χ4v) is 3.97. The van der Waals surface area contributed by atoms with Crippen molar-refractivity contribution in [2.45, 2.75) is 56.9 Å². The quantitative estimate of drug-likeness (QED) is 0.709. The Kier molecular flexibility index (Phi) is 5.77. The second-order valence-corrected chi connectivity index (χ2v) is 6.38. The lowest BCUT2D eigenvalue weighted by molar-refractivity contribution is 0.179. The minimum atomic E-state index is 0.765. The highest BCUT2D eigenvalue weighted by Crippen LogP contribution is 2.31. The molecule has 1 atom stereocenters. The summed E-state index contributed by atoms with van der Waals surface area (Å²) in [5.74, 6) is 0. The molecular weight excluding hydrogens is 249 g/mol. The van der Waals surface area contributed by atoms with Gasteiger partial charge in [0.1, 0.15) is 0 Å². The number of thioether (sulfide) groups is 1. The fourth-order valence-electron chi connectivity index (χ4n) is 3.29. The van der Waals surface area contributed by atoms with Gasteiger partial charge < -0.3 is 4.90 Å². The highest BCUT2D eigenvalue weighted by atomic mass is 32.2. The highest BCUT2D eigenvalue weighted by Gasteiger charge is 2.24. The molecule has 0 spiro atoms. The standard InChI is InChI=1S/C17H27NS/c1-4-11-18(12-5-2)15-10-9-14-7-6-8-17(19-3)16(14)13-15/h6-8,15H,4-5,9-13H2,1-3H3/t15-/m1/s1/i3-1. The normalized spacial score (nSPS) is 18.6. The first-order valence-electron chi connectivity index (χ1n) is 7.68. The van der Waals surface area contributed by atoms with E-state index in [0.29, 0.717) is 0 Å². The highest BCUT2D eigenvalue weighted by molar-refractivity contribution is 7.98. The van der Waals surface area contributed by atoms with Gasteiger partial charge in [-0.1, -0.05) is 26.0 Å². The van der Waals surface area contributed by atoms with Crippen molar-refractivity contribution in [3.63, 3.8) is 0 Å². The van der Waals surface area contributed by atoms with Crippen molar-refractivity contribution in [1.82, 2.24) is 4.90 Å². The van der Waals surface area contributed by atoms with E-state index in [1.165, 1.54) is 50.1 Å². The molecule has 0 unspecified atom stereocenters. The Morgan fingerprint density at radius 2 is 1.95 bits per heavy atom. The van der Waals surface area contributed by atoms with Crippen LogP contribution in [0.5, 0.6) is 0 Å². The van der Waals surface area contributed by atoms with Crippen molar-refractivity contribution in [3.8, 4) is 0 Å². The van der Waals surface area contributed by atoms with Crippen LogP contribution in [0.3, 0.4) is 0 Å². The van der Waals surface area contributed by atoms with Crippen molar-refractivity contribution in [3.05, 3.63) is 29.3 Å². The number of rotatable bonds is 6. The average Bonchev–Trinajstić information content (AvgIpc) is 2.46. The zero-order chi connectivity index (χ0) is 13.7. The van der Waals surface area contributed by atoms with Gasteiger partial charge in [-0.15, -0.1) is 11.8 Å². The van der Waals surface area contributed by atoms with E-state index in [1.807, 2.05) is 11.8 Å². The van der Waals surface area contributed by atoms with Crippen LogP contribution in [0.25, 0.3) is 0 Å². The summed E-state index contributed by atoms with van der Waals surface area (Å²) in [5, 5.41) is 0. The summed E-state index contributed by atoms with van der Waals surface area (Å²) in [7, 11) is 0. The molecule has 0 saturated carbocycles. The molecule has 0 heterocycles. The van der Waals surface area contributed by atoms with Gasteiger partial charge in [0.15, 0.2) is 0 Å². The minimum absolute atomic E-state index is 0.765. The van der Waals surface area contributed by atoms with Gasteiger partial charge in [0, 0.05) is 10.9 Å². The first-order valence-corrected chi connectivity index (χ1v) is 8.91. The van der Waals surface area contributed by atoms with Gasteiger partial charge >= 0.3 is 0 Å². The summed E-state index contributed by atoms with van der Waals surface area (Å²) in [6.07, 6.45) is 8.60. The Hall–Kier alpha value is -0.470. The van der Waals surface area contributed by atoms with Crippen molar-refractivity contribution in [2.75, 3.05) is 19.3 Å². The maximum absolute atomic E-state index is 2.72. The number of fused-ring (bicyclic) bond motifs is 1. The zero-order valence-electron chi connectivity index (χ0n) is 12.6. The number of hydrogen-bond acceptors (Lipinski definition) is 2. The van der Waals surface area contributed by atoms with E-state index < -0.39 is 0 Å². The second kappa shape index (κ2) is 7.35. The van der Waals surface area contributed by atoms with Crippen LogP contribution in [0.4, 0.5) is 0 Å². The summed E-state index contributed by atoms with van der Waals surface area (Å²) in [6, 6.07) is 7.60. The molecule has 106 valence electrons. The summed E-state index contributed by atoms with van der Waals surface area (Å²) in [6.45, 7) is 7.12. The van der Waals surface area contributed by atoms with E-state index in [1.54, 1.807) is 11.1 Å². The van der Waals surface area contributed by atoms with E-state index in [9.17, 15) is 0 Å². The molecule has 0 aliphatic heterocycles. The van der Waals surface area contributed by atoms with E-state index >= 15 is 0 Å². The Labute approximate surface area is 122 Å². The second-order valence-electron chi connectivity index (χ2n) is 5.53. The van der Waals surface area contributed by atoms with Crippen LogP contribution in [-0.4, -0.2) is 30.3 Å². The molecule has 1 aromatic carbocycles. The number of nitrogens with zero attached hydrogens (tertiary/aromatic N) is 1. The largest absolute Gasteiger partial charge is 0.300 e. The molecule has 0 radical (unpaired) electrons. The molecule has 0 saturated heterocycles. The van der Waals surface area contributed by atoms with Gasteiger partial charge in [-0.3, -0.25) is 0 Å². The van der Waals surface area contributed by atoms with Crippen molar-refractivity contribution < 1.29 is 0 Å². The molecule has 1 nitrogen and oxygen atoms in total. The van der Waals surface area contributed by atoms with Gasteiger partial charge in [-0.2, -0.15) is 0 Å². The molecule has 0 bridgehead atoms. The van der Waals surface area contributed by atoms with Gasteiger partial charge in [0.2, 0.25) is 0 Å². The SMILES string of the molecule is CCCN(CCC)[C@@H]1CCc2cccc(S[11CH3])c2C1. The predicted octanol–water partition coefficient (Wildman–Crippen LogP) is 4.39. The smallest absolute Gasteiger partial charge is 0.0139 e. The molecule has 0 N–H and O–H groups in total. The van der Waals surface area contributed by atoms with Crippen LogP contribution in [0, 0.1) is 0 Å². The van der Waals surface area contributed by atoms with E-state index in [0.717, 1.165) is 6.04 Å². The van der Waals surface area contributed by atoms with Crippen LogP contribution in [0.1, 0.15) is 44.2 Å². The molecule has 1 aliphatic carbocycles. The Balaban J connectivity index is 2.15. The third-order valence-corrected chi connectivity index (χ3v) is 5.00. The summed E-state index contributed by atoms with van der Waals surface area (Å²) in [5.41, 5.74) is 3.22. The molecular formula is C17H27NS. The number of aryl methyl sites for hydroxylation is 1. The van der Waals surface area contributed by atoms with Crippen LogP contribution in [0.15, 0.2) is 23.1 Å². The maximum atomic E-state index is 2.72. The Bertz CT molecular complexity index is 382. The van der Waals surface area contributed by atoms with Crippen molar-refractivity contribution in [1.29, 1.82) is 0 Å². The lowest BCUT2D eigenvalue weighted by Crippen LogP contribution is -2.40. The number of benzene rings is 1. The van der Waals surface area contributed by atoms with Gasteiger partial charge in [0.05, 0.1) is 0 Å². The van der Waals surface area contributed by atoms with Crippen LogP contribution >= 0.6 is 11.8 Å². The van der Waals surface area contributed by atoms with Gasteiger partial charge in [-0.05, 0) is 68.6 Å². The first-order chi connectivity index (χ1) is 9.30. The van der Waals surface area contributed by atoms with Crippen molar-refractivity contribution in [2.24, 2.45) is 0 Å². The first kappa shape index (κ1) is 14.9. The Morgan fingerprint density at radius 1 is 1.21 bits per heavy atom. The van der Waals surface area contributed by atoms with Gasteiger partial charge in [-0.25, -0.2) is 0 Å². The van der Waals surface area contributed by atoms with Crippen LogP contribution in [-0.2, 0) is 12.8 Å². The maximum Gasteiger partial charge on any atom is 0.0139 e. The topological polar surface area (TPSA) is 3.24 Å². The van der Waals surface area contributed by atoms with Crippen LogP contribution < -0.4 is 0 Å². The molecule has 0 amide bonds. The predicted molar refractivity (Wildman–Crippen MR) is 86.2 cm³/mol. The molecule has 19 heavy (non-hydrogen) atoms. The molecule has 2 heteroatoms. The lowest BCUT2D eigenvalue weighted by atomic mass is 9.87. The summed E-state index contributed by atoms with van der Waals surface area (Å²) in [4.78, 5) is 4.22. The average molecular weight is 276 g/mol. The Morgan fingerprint density at radius 3 is 2.58 bits per heavy atom. The van der Waals surface area contributed by atoms with E-state index in [2.05, 4.69) is 43.2 Å². The molecule has 1 aromatic rings. The van der Waals surface area contributed by atoms with E-state index in [4.69, 9.17) is 0 Å². The molecule has 0 fully saturated rings. The summed E-state index contributed by atoms with van der Waals surface area (Å²) < 4.78 is 0. The summed E-state index contributed by atoms with van der Waals surface area (Å²) >= 11 is 1.91. The third-order valence-electron chi connectivity index (χ3n) is 4.17. The van der Waals surface area contributed by atoms with Crippen molar-refractivity contribution >= 4 is 11.8 Å². The van der Waals surface area contributed by atoms with Gasteiger partial charge in [0.25, 0.3) is 0 Å². The molecule has 0 aromatic heterocycles. The zero-order valence-corrected chi connectivity index (χ0v) is 13.4. The molecule has 1 aliphatic rings. The lowest BCUT2D eigenvalue weighted by Gasteiger charge is -2.35. The minimum Gasteiger partial charge on any atom is -0.300 e. The fraction of sp³-hybridized carbons (Fsp3) is 0.647. The third kappa shape index (κ3) is 3.55. The molecule has 2 rings (SSSR count). The monoisotopic (exact) mass is 276 g/mol.